The number of piperazine rings is 1. The second-order valence-electron chi connectivity index (χ2n) is 17.3. The van der Waals surface area contributed by atoms with Crippen LogP contribution < -0.4 is 15.5 Å². The maximum Gasteiger partial charge on any atom is 0.246 e. The summed E-state index contributed by atoms with van der Waals surface area (Å²) in [5.41, 5.74) is 10.1. The number of H-pyrrole nitrogens is 1. The highest BCUT2D eigenvalue weighted by Gasteiger charge is 2.45. The third-order valence-corrected chi connectivity index (χ3v) is 12.9. The van der Waals surface area contributed by atoms with Crippen molar-refractivity contribution in [1.82, 2.24) is 40.6 Å². The number of aromatic nitrogens is 4. The number of rotatable bonds is 11. The number of nitrogens with one attached hydrogen (secondary N) is 3. The number of fused-ring (bicyclic) bond motifs is 1. The van der Waals surface area contributed by atoms with E-state index in [1.165, 1.54) is 4.90 Å². The van der Waals surface area contributed by atoms with E-state index in [9.17, 15) is 19.5 Å². The van der Waals surface area contributed by atoms with E-state index >= 15 is 0 Å². The van der Waals surface area contributed by atoms with Crippen LogP contribution in [0.25, 0.3) is 43.7 Å². The molecule has 2 saturated heterocycles. The lowest BCUT2D eigenvalue weighted by molar-refractivity contribution is -0.144. The molecule has 2 fully saturated rings. The summed E-state index contributed by atoms with van der Waals surface area (Å²) in [5, 5.41) is 26.6. The molecule has 4 N–H and O–H groups in total. The van der Waals surface area contributed by atoms with Gasteiger partial charge in [0, 0.05) is 67.5 Å². The van der Waals surface area contributed by atoms with Gasteiger partial charge in [0.25, 0.3) is 0 Å². The van der Waals surface area contributed by atoms with Crippen LogP contribution in [0.3, 0.4) is 0 Å². The van der Waals surface area contributed by atoms with E-state index in [-0.39, 0.29) is 43.3 Å². The number of β-amino-alcohol motifs (C(OH)–C–C–N with tert-alkyl or cyclic N) is 1. The van der Waals surface area contributed by atoms with Gasteiger partial charge in [-0.15, -0.1) is 11.3 Å². The van der Waals surface area contributed by atoms with Crippen molar-refractivity contribution in [2.45, 2.75) is 65.3 Å². The molecule has 13 nitrogen and oxygen atoms in total. The summed E-state index contributed by atoms with van der Waals surface area (Å²) in [5.74, 6) is -0.967. The van der Waals surface area contributed by atoms with Crippen molar-refractivity contribution < 1.29 is 19.5 Å². The number of hydrogen-bond acceptors (Lipinski definition) is 10. The van der Waals surface area contributed by atoms with Gasteiger partial charge in [-0.1, -0.05) is 75.4 Å². The lowest BCUT2D eigenvalue weighted by atomic mass is 9.85. The predicted octanol–water partition coefficient (Wildman–Crippen LogP) is 6.22. The van der Waals surface area contributed by atoms with E-state index in [0.29, 0.717) is 13.1 Å². The van der Waals surface area contributed by atoms with Gasteiger partial charge < -0.3 is 30.5 Å². The number of anilines is 1. The van der Waals surface area contributed by atoms with Crippen LogP contribution in [0, 0.1) is 12.3 Å². The number of nitrogens with zero attached hydrogens (tertiary/aromatic N) is 6. The molecule has 0 aliphatic carbocycles. The van der Waals surface area contributed by atoms with Gasteiger partial charge in [-0.2, -0.15) is 10.2 Å². The van der Waals surface area contributed by atoms with E-state index in [1.807, 2.05) is 88.8 Å². The van der Waals surface area contributed by atoms with Crippen LogP contribution in [-0.2, 0) is 14.4 Å². The Bertz CT molecular complexity index is 2500. The molecule has 0 bridgehead atoms. The number of aliphatic hydroxyl groups excluding tert-OH is 1. The van der Waals surface area contributed by atoms with Crippen LogP contribution in [0.4, 0.5) is 5.69 Å². The molecule has 0 saturated carbocycles. The smallest absolute Gasteiger partial charge is 0.246 e. The van der Waals surface area contributed by atoms with E-state index in [2.05, 4.69) is 77.0 Å². The number of carbonyl (C=O) groups is 3. The highest BCUT2D eigenvalue weighted by Crippen LogP contribution is 2.32. The number of hydrogen-bond donors (Lipinski definition) is 4. The third-order valence-electron chi connectivity index (χ3n) is 11.9. The van der Waals surface area contributed by atoms with Crippen LogP contribution in [0.1, 0.15) is 51.4 Å². The molecule has 8 rings (SSSR count). The minimum absolute atomic E-state index is 0.0188. The Hall–Kier alpha value is -5.96. The topological polar surface area (TPSA) is 160 Å². The van der Waals surface area contributed by atoms with Gasteiger partial charge in [0.15, 0.2) is 0 Å². The van der Waals surface area contributed by atoms with Crippen molar-refractivity contribution in [3.05, 3.63) is 108 Å². The Morgan fingerprint density at radius 3 is 2.38 bits per heavy atom. The van der Waals surface area contributed by atoms with Crippen molar-refractivity contribution in [2.24, 2.45) is 5.41 Å². The molecule has 2 unspecified atom stereocenters. The second-order valence-corrected chi connectivity index (χ2v) is 18.1. The first-order valence-corrected chi connectivity index (χ1v) is 21.8. The first-order chi connectivity index (χ1) is 29.3. The van der Waals surface area contributed by atoms with Gasteiger partial charge >= 0.3 is 0 Å². The van der Waals surface area contributed by atoms with E-state index in [1.54, 1.807) is 17.5 Å². The van der Waals surface area contributed by atoms with Crippen LogP contribution in [0.2, 0.25) is 0 Å². The third kappa shape index (κ3) is 9.21. The number of aryl methyl sites for hydroxylation is 1. The Morgan fingerprint density at radius 1 is 0.934 bits per heavy atom. The van der Waals surface area contributed by atoms with Gasteiger partial charge in [-0.25, -0.2) is 4.98 Å². The molecule has 14 heteroatoms. The van der Waals surface area contributed by atoms with Crippen LogP contribution in [-0.4, -0.2) is 110 Å². The average Bonchev–Trinajstić information content (AvgIpc) is 4.02. The lowest BCUT2D eigenvalue weighted by Gasteiger charge is -2.37. The zero-order valence-corrected chi connectivity index (χ0v) is 36.1. The fourth-order valence-corrected chi connectivity index (χ4v) is 9.22. The maximum absolute atomic E-state index is 14.2. The Morgan fingerprint density at radius 2 is 1.67 bits per heavy atom. The minimum Gasteiger partial charge on any atom is -0.391 e. The largest absolute Gasteiger partial charge is 0.391 e. The van der Waals surface area contributed by atoms with Crippen molar-refractivity contribution in [2.75, 3.05) is 44.2 Å². The molecule has 5 heterocycles. The van der Waals surface area contributed by atoms with E-state index in [0.717, 1.165) is 73.8 Å². The Labute approximate surface area is 360 Å². The highest BCUT2D eigenvalue weighted by molar-refractivity contribution is 7.13. The average molecular weight is 840 g/mol. The number of thiazole rings is 1. The number of carbonyl (C=O) groups excluding carboxylic acids is 3. The quantitative estimate of drug-likeness (QED) is 0.119. The number of aliphatic hydroxyl groups is 1. The fourth-order valence-electron chi connectivity index (χ4n) is 8.41. The molecule has 0 spiro atoms. The Balaban J connectivity index is 0.848. The van der Waals surface area contributed by atoms with Crippen molar-refractivity contribution in [1.29, 1.82) is 0 Å². The van der Waals surface area contributed by atoms with Crippen LogP contribution in [0.5, 0.6) is 0 Å². The molecule has 3 amide bonds. The van der Waals surface area contributed by atoms with Crippen LogP contribution in [0.15, 0.2) is 96.8 Å². The van der Waals surface area contributed by atoms with Crippen molar-refractivity contribution in [3.63, 3.8) is 0 Å². The fraction of sp³-hybridized carbons (Fsp3) is 0.362. The monoisotopic (exact) mass is 839 g/mol. The van der Waals surface area contributed by atoms with Gasteiger partial charge in [0.05, 0.1) is 52.2 Å². The molecule has 3 aromatic heterocycles. The minimum atomic E-state index is -0.894. The predicted molar refractivity (Wildman–Crippen MR) is 240 cm³/mol. The highest BCUT2D eigenvalue weighted by atomic mass is 32.1. The number of amides is 3. The van der Waals surface area contributed by atoms with E-state index < -0.39 is 23.6 Å². The summed E-state index contributed by atoms with van der Waals surface area (Å²) in [6, 6.07) is 24.6. The number of benzene rings is 3. The standard InChI is InChI=1S/C47H53N9O4S/c1-29(31-9-11-34(12-10-31)43-30(2)49-28-61-43)51-45(59)40-24-37(57)26-56(40)46(60)44(47(3,4)5)52-41(58)27-54-19-21-55(22-20-54)36-15-13-32(14-16-36)35-23-39(53-50-25-35)38-8-6-7-33-17-18-48-42(33)38/h6-18,23,25,28-29,37,40,44,48,57H,19-22,24,26-27H2,1-5H3,(H,51,59)(H,52,58)/t29?,37-,40+,44?/m1/s1. The molecular weight excluding hydrogens is 787 g/mol. The Kier molecular flexibility index (Phi) is 12.0. The molecule has 2 aliphatic rings. The molecule has 6 aromatic rings. The number of para-hydroxylation sites is 1. The number of aromatic amines is 1. The zero-order valence-electron chi connectivity index (χ0n) is 35.3. The second kappa shape index (κ2) is 17.6. The van der Waals surface area contributed by atoms with Crippen LogP contribution >= 0.6 is 11.3 Å². The summed E-state index contributed by atoms with van der Waals surface area (Å²) in [7, 11) is 0. The van der Waals surface area contributed by atoms with Gasteiger partial charge in [0.2, 0.25) is 17.7 Å². The van der Waals surface area contributed by atoms with Crippen molar-refractivity contribution >= 4 is 45.6 Å². The summed E-state index contributed by atoms with van der Waals surface area (Å²) in [6.07, 6.45) is 2.99. The molecule has 4 atom stereocenters. The molecule has 61 heavy (non-hydrogen) atoms. The molecular formula is C47H53N9O4S. The lowest BCUT2D eigenvalue weighted by Crippen LogP contribution is -2.59. The summed E-state index contributed by atoms with van der Waals surface area (Å²) >= 11 is 1.59. The molecule has 316 valence electrons. The first-order valence-electron chi connectivity index (χ1n) is 20.9. The van der Waals surface area contributed by atoms with Gasteiger partial charge in [0.1, 0.15) is 12.1 Å². The molecule has 0 radical (unpaired) electrons. The van der Waals surface area contributed by atoms with E-state index in [4.69, 9.17) is 0 Å². The van der Waals surface area contributed by atoms with Gasteiger partial charge in [-0.05, 0) is 60.2 Å². The van der Waals surface area contributed by atoms with Gasteiger partial charge in [-0.3, -0.25) is 19.3 Å². The first kappa shape index (κ1) is 41.8. The normalized spacial score (nSPS) is 18.3. The molecule has 3 aromatic carbocycles. The summed E-state index contributed by atoms with van der Waals surface area (Å²) in [4.78, 5) is 56.2. The maximum atomic E-state index is 14.2. The zero-order chi connectivity index (χ0) is 42.8. The molecule has 2 aliphatic heterocycles. The van der Waals surface area contributed by atoms with Crippen molar-refractivity contribution in [3.8, 4) is 32.8 Å². The summed E-state index contributed by atoms with van der Waals surface area (Å²) < 4.78 is 0. The summed E-state index contributed by atoms with van der Waals surface area (Å²) in [6.45, 7) is 12.6. The SMILES string of the molecule is Cc1ncsc1-c1ccc(C(C)NC(=O)[C@@H]2C[C@@H](O)CN2C(=O)C(NC(=O)CN2CCN(c3ccc(-c4cnnc(-c5cccc6cc[nH]c56)c4)cc3)CC2)C(C)(C)C)cc1. The number of likely N-dealkylation sites (tertiary alicyclic amines) is 1.